The number of aromatic nitrogens is 1. The van der Waals surface area contributed by atoms with Crippen molar-refractivity contribution in [3.05, 3.63) is 54.6 Å². The van der Waals surface area contributed by atoms with Crippen LogP contribution in [-0.2, 0) is 11.2 Å². The molecule has 0 unspecified atom stereocenters. The van der Waals surface area contributed by atoms with Crippen molar-refractivity contribution in [1.82, 2.24) is 4.98 Å². The molecule has 0 aliphatic heterocycles. The monoisotopic (exact) mass is 413 g/mol. The number of hydrogen-bond acceptors (Lipinski definition) is 2. The largest absolute Gasteiger partial charge is 0.495 e. The second-order valence-corrected chi connectivity index (χ2v) is 7.56. The van der Waals surface area contributed by atoms with E-state index in [0.29, 0.717) is 9.84 Å². The summed E-state index contributed by atoms with van der Waals surface area (Å²) in [5.41, 5.74) is 2.27. The first-order valence-electron chi connectivity index (χ1n) is 7.96. The smallest absolute Gasteiger partial charge is 0.107 e. The number of halogens is 1. The molecule has 0 aliphatic carbocycles. The molecule has 22 heavy (non-hydrogen) atoms. The number of rotatable bonds is 10. The topological polar surface area (TPSA) is 22.1 Å². The van der Waals surface area contributed by atoms with E-state index in [2.05, 4.69) is 66.7 Å². The summed E-state index contributed by atoms with van der Waals surface area (Å²) in [7, 11) is 0. The summed E-state index contributed by atoms with van der Waals surface area (Å²) >= 11 is 2.49. The third-order valence-electron chi connectivity index (χ3n) is 3.67. The van der Waals surface area contributed by atoms with Crippen LogP contribution in [0, 0.1) is 12.8 Å². The normalized spacial score (nSPS) is 14.9. The van der Waals surface area contributed by atoms with E-state index < -0.39 is 0 Å². The molecule has 0 N–H and O–H groups in total. The molecular weight excluding hydrogens is 385 g/mol. The summed E-state index contributed by atoms with van der Waals surface area (Å²) in [6.45, 7) is 14.1. The molecule has 1 rings (SSSR count). The Labute approximate surface area is 149 Å². The third kappa shape index (κ3) is 7.43. The summed E-state index contributed by atoms with van der Waals surface area (Å²) < 4.78 is 6.43. The maximum atomic E-state index is 5.94. The lowest BCUT2D eigenvalue weighted by Gasteiger charge is -2.22. The van der Waals surface area contributed by atoms with Crippen molar-refractivity contribution in [3.63, 3.8) is 0 Å². The second kappa shape index (κ2) is 10.0. The third-order valence-corrected chi connectivity index (χ3v) is 5.31. The molecule has 1 aromatic rings. The Morgan fingerprint density at radius 1 is 1.41 bits per heavy atom. The van der Waals surface area contributed by atoms with Gasteiger partial charge in [0.15, 0.2) is 0 Å². The SMILES string of the molecule is C=C[C@H](C)CC(=C)O[C@H](C)[C@@H](I)CCCc1cccc(C)n1. The van der Waals surface area contributed by atoms with Gasteiger partial charge >= 0.3 is 0 Å². The van der Waals surface area contributed by atoms with Crippen molar-refractivity contribution in [3.8, 4) is 0 Å². The fourth-order valence-electron chi connectivity index (χ4n) is 2.28. The van der Waals surface area contributed by atoms with Gasteiger partial charge in [-0.3, -0.25) is 4.98 Å². The van der Waals surface area contributed by atoms with Gasteiger partial charge in [0.2, 0.25) is 0 Å². The average Bonchev–Trinajstić information content (AvgIpc) is 2.46. The van der Waals surface area contributed by atoms with Gasteiger partial charge in [0.25, 0.3) is 0 Å². The predicted molar refractivity (Wildman–Crippen MR) is 103 cm³/mol. The Hall–Kier alpha value is -0.840. The number of alkyl halides is 1. The van der Waals surface area contributed by atoms with Crippen LogP contribution >= 0.6 is 22.6 Å². The molecule has 0 bridgehead atoms. The fraction of sp³-hybridized carbons (Fsp3) is 0.526. The van der Waals surface area contributed by atoms with Gasteiger partial charge in [-0.05, 0) is 51.2 Å². The van der Waals surface area contributed by atoms with Gasteiger partial charge < -0.3 is 4.74 Å². The van der Waals surface area contributed by atoms with E-state index in [4.69, 9.17) is 4.74 Å². The van der Waals surface area contributed by atoms with Gasteiger partial charge in [0.05, 0.1) is 5.76 Å². The molecule has 0 saturated carbocycles. The lowest BCUT2D eigenvalue weighted by Crippen LogP contribution is -2.21. The van der Waals surface area contributed by atoms with Gasteiger partial charge in [0, 0.05) is 21.7 Å². The molecular formula is C19H28INO. The average molecular weight is 413 g/mol. The molecule has 1 aromatic heterocycles. The lowest BCUT2D eigenvalue weighted by atomic mass is 10.1. The molecule has 0 radical (unpaired) electrons. The maximum Gasteiger partial charge on any atom is 0.107 e. The Kier molecular flexibility index (Phi) is 8.76. The first kappa shape index (κ1) is 19.2. The molecule has 1 heterocycles. The van der Waals surface area contributed by atoms with Crippen LogP contribution in [0.3, 0.4) is 0 Å². The zero-order valence-electron chi connectivity index (χ0n) is 14.0. The Morgan fingerprint density at radius 3 is 2.77 bits per heavy atom. The molecule has 2 nitrogen and oxygen atoms in total. The van der Waals surface area contributed by atoms with Gasteiger partial charge in [-0.2, -0.15) is 0 Å². The van der Waals surface area contributed by atoms with Gasteiger partial charge in [0.1, 0.15) is 6.10 Å². The van der Waals surface area contributed by atoms with Crippen LogP contribution in [-0.4, -0.2) is 15.0 Å². The standard InChI is InChI=1S/C19H28INO/c1-6-14(2)13-16(4)22-17(5)19(20)12-8-11-18-10-7-9-15(3)21-18/h6-7,9-10,14,17,19H,1,4,8,11-13H2,2-3,5H3/t14-,17+,19-/m0/s1. The Balaban J connectivity index is 2.30. The molecule has 0 amide bonds. The van der Waals surface area contributed by atoms with Crippen molar-refractivity contribution in [2.24, 2.45) is 5.92 Å². The second-order valence-electron chi connectivity index (χ2n) is 5.96. The van der Waals surface area contributed by atoms with Gasteiger partial charge in [-0.1, -0.05) is 48.2 Å². The van der Waals surface area contributed by atoms with E-state index in [-0.39, 0.29) is 6.10 Å². The molecule has 0 aliphatic rings. The minimum atomic E-state index is 0.190. The van der Waals surface area contributed by atoms with E-state index in [1.165, 1.54) is 5.69 Å². The number of aryl methyl sites for hydroxylation is 2. The van der Waals surface area contributed by atoms with Crippen molar-refractivity contribution in [1.29, 1.82) is 0 Å². The van der Waals surface area contributed by atoms with E-state index >= 15 is 0 Å². The molecule has 0 fully saturated rings. The van der Waals surface area contributed by atoms with Crippen molar-refractivity contribution >= 4 is 22.6 Å². The number of ether oxygens (including phenoxy) is 1. The predicted octanol–water partition coefficient (Wildman–Crippen LogP) is 5.65. The highest BCUT2D eigenvalue weighted by molar-refractivity contribution is 14.1. The van der Waals surface area contributed by atoms with Crippen molar-refractivity contribution in [2.75, 3.05) is 0 Å². The number of allylic oxidation sites excluding steroid dienone is 2. The van der Waals surface area contributed by atoms with Crippen LogP contribution in [0.2, 0.25) is 0 Å². The van der Waals surface area contributed by atoms with Crippen LogP contribution in [0.15, 0.2) is 43.2 Å². The van der Waals surface area contributed by atoms with Crippen LogP contribution in [0.5, 0.6) is 0 Å². The maximum absolute atomic E-state index is 5.94. The van der Waals surface area contributed by atoms with Gasteiger partial charge in [-0.15, -0.1) is 6.58 Å². The quantitative estimate of drug-likeness (QED) is 0.214. The summed E-state index contributed by atoms with van der Waals surface area (Å²) in [6, 6.07) is 6.22. The molecule has 0 spiro atoms. The van der Waals surface area contributed by atoms with Crippen molar-refractivity contribution < 1.29 is 4.74 Å². The zero-order chi connectivity index (χ0) is 16.5. The number of pyridine rings is 1. The summed E-state index contributed by atoms with van der Waals surface area (Å²) in [5, 5.41) is 0. The zero-order valence-corrected chi connectivity index (χ0v) is 16.2. The minimum Gasteiger partial charge on any atom is -0.495 e. The van der Waals surface area contributed by atoms with Crippen LogP contribution in [0.25, 0.3) is 0 Å². The molecule has 3 heteroatoms. The van der Waals surface area contributed by atoms with E-state index in [1.54, 1.807) is 0 Å². The number of hydrogen-bond donors (Lipinski definition) is 0. The Bertz CT molecular complexity index is 486. The molecule has 122 valence electrons. The molecule has 3 atom stereocenters. The highest BCUT2D eigenvalue weighted by atomic mass is 127. The summed E-state index contributed by atoms with van der Waals surface area (Å²) in [4.78, 5) is 4.55. The van der Waals surface area contributed by atoms with Crippen molar-refractivity contribution in [2.45, 2.75) is 56.5 Å². The fourth-order valence-corrected chi connectivity index (χ4v) is 2.87. The van der Waals surface area contributed by atoms with E-state index in [9.17, 15) is 0 Å². The number of nitrogens with zero attached hydrogens (tertiary/aromatic N) is 1. The first-order valence-corrected chi connectivity index (χ1v) is 9.20. The van der Waals surface area contributed by atoms with E-state index in [0.717, 1.165) is 37.1 Å². The highest BCUT2D eigenvalue weighted by Crippen LogP contribution is 2.21. The van der Waals surface area contributed by atoms with Crippen LogP contribution < -0.4 is 0 Å². The van der Waals surface area contributed by atoms with Gasteiger partial charge in [-0.25, -0.2) is 0 Å². The molecule has 0 saturated heterocycles. The highest BCUT2D eigenvalue weighted by Gasteiger charge is 2.16. The summed E-state index contributed by atoms with van der Waals surface area (Å²) in [6.07, 6.45) is 6.27. The molecule has 0 aromatic carbocycles. The van der Waals surface area contributed by atoms with E-state index in [1.807, 2.05) is 19.1 Å². The minimum absolute atomic E-state index is 0.190. The first-order chi connectivity index (χ1) is 10.4. The summed E-state index contributed by atoms with van der Waals surface area (Å²) in [5.74, 6) is 1.28. The van der Waals surface area contributed by atoms with Crippen LogP contribution in [0.4, 0.5) is 0 Å². The van der Waals surface area contributed by atoms with Crippen LogP contribution in [0.1, 0.15) is 44.5 Å². The lowest BCUT2D eigenvalue weighted by molar-refractivity contribution is 0.121. The Morgan fingerprint density at radius 2 is 2.14 bits per heavy atom.